The van der Waals surface area contributed by atoms with Gasteiger partial charge in [0.2, 0.25) is 17.1 Å². The highest BCUT2D eigenvalue weighted by Gasteiger charge is 2.28. The Hall–Kier alpha value is -9.39. The van der Waals surface area contributed by atoms with E-state index in [0.717, 1.165) is 114 Å². The molecule has 9 aromatic carbocycles. The highest BCUT2D eigenvalue weighted by molar-refractivity contribution is 6.15. The van der Waals surface area contributed by atoms with E-state index in [2.05, 4.69) is 283 Å². The van der Waals surface area contributed by atoms with Crippen LogP contribution in [0.15, 0.2) is 220 Å². The molecule has 15 aromatic rings. The summed E-state index contributed by atoms with van der Waals surface area (Å²) in [6.07, 6.45) is 10.6. The molecule has 0 spiro atoms. The van der Waals surface area contributed by atoms with Crippen molar-refractivity contribution >= 4 is 98.1 Å². The van der Waals surface area contributed by atoms with Gasteiger partial charge in [-0.3, -0.25) is 0 Å². The zero-order chi connectivity index (χ0) is 58.5. The first-order valence-electron chi connectivity index (χ1n) is 30.0. The lowest BCUT2D eigenvalue weighted by atomic mass is 9.71. The van der Waals surface area contributed by atoms with Gasteiger partial charge in [-0.2, -0.15) is 0 Å². The van der Waals surface area contributed by atoms with Crippen LogP contribution in [0.2, 0.25) is 0 Å². The van der Waals surface area contributed by atoms with Gasteiger partial charge in [-0.05, 0) is 162 Å². The summed E-state index contributed by atoms with van der Waals surface area (Å²) in [5, 5.41) is 14.1. The number of hydrogen-bond donors (Lipinski definition) is 0. The molecule has 0 N–H and O–H groups in total. The number of fused-ring (bicyclic) bond motifs is 13. The third-order valence-electron chi connectivity index (χ3n) is 18.0. The van der Waals surface area contributed by atoms with E-state index in [1.165, 1.54) is 71.3 Å². The molecule has 0 aliphatic heterocycles. The third kappa shape index (κ3) is 9.54. The summed E-state index contributed by atoms with van der Waals surface area (Å²) < 4.78 is 34.7. The molecule has 6 heteroatoms. The first-order chi connectivity index (χ1) is 41.0. The van der Waals surface area contributed by atoms with Crippen LogP contribution in [0.1, 0.15) is 74.6 Å². The number of aryl methyl sites for hydroxylation is 7. The summed E-state index contributed by atoms with van der Waals surface area (Å²) >= 11 is 0. The lowest BCUT2D eigenvalue weighted by Gasteiger charge is -2.34. The van der Waals surface area contributed by atoms with E-state index < -0.39 is 5.89 Å². The number of pyridine rings is 3. The molecule has 0 unspecified atom stereocenters. The molecule has 6 aromatic heterocycles. The van der Waals surface area contributed by atoms with Gasteiger partial charge < -0.3 is 13.3 Å². The molecule has 0 saturated heterocycles. The van der Waals surface area contributed by atoms with Crippen LogP contribution in [-0.4, -0.2) is 0 Å². The number of furan rings is 3. The van der Waals surface area contributed by atoms with Crippen molar-refractivity contribution in [2.24, 2.45) is 26.6 Å². The van der Waals surface area contributed by atoms with Crippen LogP contribution >= 0.6 is 0 Å². The van der Waals surface area contributed by atoms with Crippen LogP contribution in [-0.2, 0) is 21.1 Å². The first-order valence-corrected chi connectivity index (χ1v) is 29.5. The summed E-state index contributed by atoms with van der Waals surface area (Å²) in [6.45, 7) is 13.2. The third-order valence-corrected chi connectivity index (χ3v) is 18.0. The molecule has 1 aliphatic rings. The zero-order valence-corrected chi connectivity index (χ0v) is 49.5. The Morgan fingerprint density at radius 2 is 0.798 bits per heavy atom. The second-order valence-electron chi connectivity index (χ2n) is 24.4. The van der Waals surface area contributed by atoms with Crippen molar-refractivity contribution in [1.82, 2.24) is 0 Å². The topological polar surface area (TPSA) is 51.1 Å². The van der Waals surface area contributed by atoms with Crippen LogP contribution in [0.4, 0.5) is 0 Å². The molecule has 0 atom stereocenters. The zero-order valence-electron chi connectivity index (χ0n) is 50.5. The van der Waals surface area contributed by atoms with E-state index in [1.807, 2.05) is 0 Å². The lowest BCUT2D eigenvalue weighted by molar-refractivity contribution is -0.659. The molecule has 1 aliphatic carbocycles. The number of benzene rings is 9. The van der Waals surface area contributed by atoms with Crippen molar-refractivity contribution < 1.29 is 28.3 Å². The Labute approximate surface area is 491 Å². The molecule has 0 amide bonds. The molecule has 412 valence electrons. The van der Waals surface area contributed by atoms with Gasteiger partial charge >= 0.3 is 0 Å². The number of nitrogens with zero attached hydrogens (tertiary/aromatic N) is 3. The van der Waals surface area contributed by atoms with Crippen molar-refractivity contribution in [2.75, 3.05) is 0 Å². The molecule has 0 radical (unpaired) electrons. The summed E-state index contributed by atoms with van der Waals surface area (Å²) in [5.41, 5.74) is 19.3. The summed E-state index contributed by atoms with van der Waals surface area (Å²) in [7, 11) is 6.30. The molecule has 16 rings (SSSR count). The molecule has 6 nitrogen and oxygen atoms in total. The second-order valence-corrected chi connectivity index (χ2v) is 24.4. The normalized spacial score (nSPS) is 14.2. The van der Waals surface area contributed by atoms with E-state index in [0.29, 0.717) is 5.41 Å². The summed E-state index contributed by atoms with van der Waals surface area (Å²) in [5.74, 6) is -0.483. The van der Waals surface area contributed by atoms with Gasteiger partial charge in [-0.25, -0.2) is 13.7 Å². The predicted molar refractivity (Wildman–Crippen MR) is 347 cm³/mol. The number of aromatic nitrogens is 3. The SMILES string of the molecule is Cc1ccc2cc3c(cc2c1)oc1cc(-c2ccccc2C)[n+](C)cc13.Cc1ccccc1-c1cc2oc3cc4ccccc4cc3c2c[n+]1C.[2H]C1(c2ccc3c(ccc4c5c[n+](C)c(-c6ccccc6C)cc5oc34)c2)CCC(C)(C)CC1. The molecule has 1 saturated carbocycles. The van der Waals surface area contributed by atoms with E-state index in [-0.39, 0.29) is 0 Å². The van der Waals surface area contributed by atoms with Crippen molar-refractivity contribution in [3.63, 3.8) is 0 Å². The van der Waals surface area contributed by atoms with E-state index in [4.69, 9.17) is 13.3 Å². The molecular formula is C78H70N3O3+3. The largest absolute Gasteiger partial charge is 0.456 e. The summed E-state index contributed by atoms with van der Waals surface area (Å²) in [4.78, 5) is 0. The molecule has 0 bridgehead atoms. The van der Waals surface area contributed by atoms with Crippen molar-refractivity contribution in [3.8, 4) is 33.8 Å². The first kappa shape index (κ1) is 51.5. The highest BCUT2D eigenvalue weighted by atomic mass is 16.3. The fourth-order valence-corrected chi connectivity index (χ4v) is 13.0. The monoisotopic (exact) mass is 1100 g/mol. The van der Waals surface area contributed by atoms with Gasteiger partial charge in [-0.15, -0.1) is 0 Å². The van der Waals surface area contributed by atoms with Gasteiger partial charge in [-0.1, -0.05) is 141 Å². The average molecular weight is 1100 g/mol. The Bertz CT molecular complexity index is 5160. The van der Waals surface area contributed by atoms with Crippen LogP contribution in [0, 0.1) is 33.1 Å². The molecule has 6 heterocycles. The minimum absolute atomic E-state index is 0.356. The minimum atomic E-state index is -0.483. The smallest absolute Gasteiger partial charge is 0.216 e. The van der Waals surface area contributed by atoms with Gasteiger partial charge in [0.15, 0.2) is 18.6 Å². The summed E-state index contributed by atoms with van der Waals surface area (Å²) in [6, 6.07) is 66.6. The number of rotatable bonds is 4. The maximum Gasteiger partial charge on any atom is 0.216 e. The average Bonchev–Trinajstić information content (AvgIpc) is 3.96. The van der Waals surface area contributed by atoms with Gasteiger partial charge in [0, 0.05) is 39.6 Å². The van der Waals surface area contributed by atoms with E-state index in [9.17, 15) is 1.37 Å². The second kappa shape index (κ2) is 20.8. The minimum Gasteiger partial charge on any atom is -0.456 e. The molecular weight excluding hydrogens is 1030 g/mol. The van der Waals surface area contributed by atoms with Gasteiger partial charge in [0.05, 0.1) is 34.4 Å². The van der Waals surface area contributed by atoms with Gasteiger partial charge in [0.25, 0.3) is 0 Å². The maximum atomic E-state index is 9.18. The van der Waals surface area contributed by atoms with Crippen molar-refractivity contribution in [3.05, 3.63) is 234 Å². The quantitative estimate of drug-likeness (QED) is 0.165. The fraction of sp³-hybridized carbons (Fsp3) is 0.192. The Kier molecular flexibility index (Phi) is 12.7. The van der Waals surface area contributed by atoms with Crippen LogP contribution < -0.4 is 13.7 Å². The van der Waals surface area contributed by atoms with Gasteiger partial charge in [0.1, 0.15) is 54.6 Å². The van der Waals surface area contributed by atoms with Crippen molar-refractivity contribution in [2.45, 2.75) is 73.1 Å². The Morgan fingerprint density at radius 1 is 0.381 bits per heavy atom. The lowest BCUT2D eigenvalue weighted by Crippen LogP contribution is -2.30. The predicted octanol–water partition coefficient (Wildman–Crippen LogP) is 19.6. The number of hydrogen-bond acceptors (Lipinski definition) is 3. The highest BCUT2D eigenvalue weighted by Crippen LogP contribution is 2.44. The van der Waals surface area contributed by atoms with Crippen LogP contribution in [0.25, 0.3) is 132 Å². The molecule has 1 fully saturated rings. The van der Waals surface area contributed by atoms with Crippen molar-refractivity contribution in [1.29, 1.82) is 0 Å². The fourth-order valence-electron chi connectivity index (χ4n) is 13.0. The standard InChI is InChI=1S/C31H32NO.C24H20NO.C23H18NO/c1-20-7-5-6-8-24(20)28-18-29-27(19-32(28)4)26-12-10-23-17-22(9-11-25(23)30(26)33-29)21-13-15-31(2,3)16-14-21;1-15-8-9-17-11-20-21-14-25(3)22(19-7-5-4-6-16(19)2)13-24(21)26-23(20)12-18(17)10-15;1-15-7-3-6-10-18(15)21-13-23-20(14-24(21)2)19-11-16-8-4-5-9-17(16)12-22(19)25-23/h5-12,17-19,21H,13-16H2,1-4H3;4-14H,1-3H3;3-14H,1-2H3/q3*+1/i21D;;. The van der Waals surface area contributed by atoms with E-state index >= 15 is 0 Å². The van der Waals surface area contributed by atoms with E-state index in [1.54, 1.807) is 0 Å². The Balaban J connectivity index is 0.000000115. The van der Waals surface area contributed by atoms with Crippen LogP contribution in [0.3, 0.4) is 0 Å². The Morgan fingerprint density at radius 3 is 1.32 bits per heavy atom. The maximum absolute atomic E-state index is 9.18. The van der Waals surface area contributed by atoms with Crippen LogP contribution in [0.5, 0.6) is 0 Å². The molecule has 84 heavy (non-hydrogen) atoms.